The van der Waals surface area contributed by atoms with Gasteiger partial charge in [0.25, 0.3) is 0 Å². The molecule has 2 aromatic rings. The summed E-state index contributed by atoms with van der Waals surface area (Å²) in [6.07, 6.45) is 1.73. The van der Waals surface area contributed by atoms with Crippen LogP contribution in [0.15, 0.2) is 30.5 Å². The van der Waals surface area contributed by atoms with Crippen LogP contribution in [0.3, 0.4) is 0 Å². The second kappa shape index (κ2) is 5.15. The Kier molecular flexibility index (Phi) is 3.59. The monoisotopic (exact) mass is 247 g/mol. The molecular formula is C13H14ClN3. The van der Waals surface area contributed by atoms with Gasteiger partial charge in [0.1, 0.15) is 5.82 Å². The number of hydrogen-bond donors (Lipinski definition) is 1. The first kappa shape index (κ1) is 11.9. The quantitative estimate of drug-likeness (QED) is 0.843. The second-order valence-electron chi connectivity index (χ2n) is 3.84. The lowest BCUT2D eigenvalue weighted by atomic mass is 10.2. The molecule has 1 N–H and O–H groups in total. The van der Waals surface area contributed by atoms with Crippen LogP contribution in [0.5, 0.6) is 0 Å². The molecular weight excluding hydrogens is 234 g/mol. The number of benzene rings is 1. The average Bonchev–Trinajstić information content (AvgIpc) is 2.34. The third-order valence-electron chi connectivity index (χ3n) is 2.62. The van der Waals surface area contributed by atoms with E-state index >= 15 is 0 Å². The minimum Gasteiger partial charge on any atom is -0.339 e. The Morgan fingerprint density at radius 3 is 2.65 bits per heavy atom. The van der Waals surface area contributed by atoms with Gasteiger partial charge in [-0.05, 0) is 25.5 Å². The van der Waals surface area contributed by atoms with E-state index in [-0.39, 0.29) is 0 Å². The first-order chi connectivity index (χ1) is 8.20. The summed E-state index contributed by atoms with van der Waals surface area (Å²) >= 11 is 5.88. The number of anilines is 2. The third-order valence-corrected chi connectivity index (χ3v) is 2.90. The second-order valence-corrected chi connectivity index (χ2v) is 4.11. The maximum absolute atomic E-state index is 5.88. The fraction of sp³-hybridized carbons (Fsp3) is 0.231. The van der Waals surface area contributed by atoms with Crippen LogP contribution >= 0.6 is 11.6 Å². The fourth-order valence-electron chi connectivity index (χ4n) is 1.50. The zero-order chi connectivity index (χ0) is 12.3. The van der Waals surface area contributed by atoms with E-state index in [4.69, 9.17) is 11.6 Å². The molecule has 0 unspecified atom stereocenters. The summed E-state index contributed by atoms with van der Waals surface area (Å²) in [5, 5.41) is 3.23. The molecule has 0 spiro atoms. The highest BCUT2D eigenvalue weighted by Gasteiger charge is 2.03. The van der Waals surface area contributed by atoms with E-state index in [2.05, 4.69) is 15.3 Å². The van der Waals surface area contributed by atoms with Gasteiger partial charge < -0.3 is 5.32 Å². The van der Waals surface area contributed by atoms with Gasteiger partial charge in [-0.2, -0.15) is 0 Å². The number of nitrogens with zero attached hydrogens (tertiary/aromatic N) is 2. The van der Waals surface area contributed by atoms with Crippen molar-refractivity contribution >= 4 is 23.1 Å². The van der Waals surface area contributed by atoms with Gasteiger partial charge in [-0.3, -0.25) is 4.98 Å². The Balaban J connectivity index is 2.28. The fourth-order valence-corrected chi connectivity index (χ4v) is 1.73. The van der Waals surface area contributed by atoms with Crippen LogP contribution in [-0.4, -0.2) is 9.97 Å². The lowest BCUT2D eigenvalue weighted by Gasteiger charge is -2.10. The van der Waals surface area contributed by atoms with Gasteiger partial charge in [-0.1, -0.05) is 18.2 Å². The van der Waals surface area contributed by atoms with E-state index in [9.17, 15) is 0 Å². The molecule has 0 saturated carbocycles. The van der Waals surface area contributed by atoms with Crippen LogP contribution in [0.1, 0.15) is 17.0 Å². The van der Waals surface area contributed by atoms with E-state index in [1.54, 1.807) is 6.20 Å². The smallest absolute Gasteiger partial charge is 0.149 e. The molecule has 17 heavy (non-hydrogen) atoms. The summed E-state index contributed by atoms with van der Waals surface area (Å²) in [6.45, 7) is 3.89. The number of nitrogens with one attached hydrogen (secondary N) is 1. The molecule has 0 bridgehead atoms. The highest BCUT2D eigenvalue weighted by atomic mass is 35.5. The summed E-state index contributed by atoms with van der Waals surface area (Å²) in [7, 11) is 0. The molecule has 0 fully saturated rings. The van der Waals surface area contributed by atoms with Gasteiger partial charge in [0, 0.05) is 11.6 Å². The molecule has 0 amide bonds. The number of halogens is 1. The van der Waals surface area contributed by atoms with Crippen molar-refractivity contribution in [3.05, 3.63) is 47.4 Å². The van der Waals surface area contributed by atoms with E-state index in [0.717, 1.165) is 28.5 Å². The van der Waals surface area contributed by atoms with E-state index in [1.807, 2.05) is 38.1 Å². The maximum atomic E-state index is 5.88. The maximum Gasteiger partial charge on any atom is 0.149 e. The van der Waals surface area contributed by atoms with Gasteiger partial charge in [-0.15, -0.1) is 11.6 Å². The summed E-state index contributed by atoms with van der Waals surface area (Å²) < 4.78 is 0. The number of aromatic nitrogens is 2. The number of aryl methyl sites for hydroxylation is 2. The zero-order valence-electron chi connectivity index (χ0n) is 9.87. The summed E-state index contributed by atoms with van der Waals surface area (Å²) in [5.41, 5.74) is 3.90. The van der Waals surface area contributed by atoms with Crippen molar-refractivity contribution in [1.29, 1.82) is 0 Å². The minimum absolute atomic E-state index is 0.474. The molecule has 0 radical (unpaired) electrons. The van der Waals surface area contributed by atoms with Crippen LogP contribution in [0, 0.1) is 13.8 Å². The van der Waals surface area contributed by atoms with Crippen molar-refractivity contribution in [2.24, 2.45) is 0 Å². The Labute approximate surface area is 106 Å². The predicted octanol–water partition coefficient (Wildman–Crippen LogP) is 3.58. The Morgan fingerprint density at radius 2 is 1.94 bits per heavy atom. The van der Waals surface area contributed by atoms with Crippen molar-refractivity contribution in [3.8, 4) is 0 Å². The third kappa shape index (κ3) is 2.74. The molecule has 0 atom stereocenters. The van der Waals surface area contributed by atoms with Gasteiger partial charge in [0.2, 0.25) is 0 Å². The van der Waals surface area contributed by atoms with Crippen molar-refractivity contribution < 1.29 is 0 Å². The van der Waals surface area contributed by atoms with Crippen molar-refractivity contribution in [1.82, 2.24) is 9.97 Å². The lowest BCUT2D eigenvalue weighted by molar-refractivity contribution is 1.05. The van der Waals surface area contributed by atoms with E-state index in [1.165, 1.54) is 0 Å². The predicted molar refractivity (Wildman–Crippen MR) is 70.8 cm³/mol. The topological polar surface area (TPSA) is 37.8 Å². The zero-order valence-corrected chi connectivity index (χ0v) is 10.6. The van der Waals surface area contributed by atoms with Gasteiger partial charge in [-0.25, -0.2) is 4.98 Å². The minimum atomic E-state index is 0.474. The largest absolute Gasteiger partial charge is 0.339 e. The highest BCUT2D eigenvalue weighted by Crippen LogP contribution is 2.21. The van der Waals surface area contributed by atoms with Crippen LogP contribution < -0.4 is 5.32 Å². The van der Waals surface area contributed by atoms with Crippen LogP contribution in [-0.2, 0) is 5.88 Å². The van der Waals surface area contributed by atoms with Crippen molar-refractivity contribution in [2.75, 3.05) is 5.32 Å². The van der Waals surface area contributed by atoms with Crippen LogP contribution in [0.2, 0.25) is 0 Å². The van der Waals surface area contributed by atoms with E-state index < -0.39 is 0 Å². The van der Waals surface area contributed by atoms with Crippen LogP contribution in [0.25, 0.3) is 0 Å². The number of hydrogen-bond acceptors (Lipinski definition) is 3. The molecule has 1 aromatic heterocycles. The number of para-hydroxylation sites is 1. The van der Waals surface area contributed by atoms with Gasteiger partial charge in [0.05, 0.1) is 17.6 Å². The SMILES string of the molecule is Cc1ncc(Nc2ccccc2CCl)nc1C. The van der Waals surface area contributed by atoms with Crippen LogP contribution in [0.4, 0.5) is 11.5 Å². The van der Waals surface area contributed by atoms with Gasteiger partial charge >= 0.3 is 0 Å². The highest BCUT2D eigenvalue weighted by molar-refractivity contribution is 6.17. The molecule has 3 nitrogen and oxygen atoms in total. The normalized spacial score (nSPS) is 10.3. The Bertz CT molecular complexity index is 526. The first-order valence-electron chi connectivity index (χ1n) is 5.42. The molecule has 88 valence electrons. The molecule has 0 saturated heterocycles. The molecule has 1 aromatic carbocycles. The Morgan fingerprint density at radius 1 is 1.18 bits per heavy atom. The van der Waals surface area contributed by atoms with Crippen molar-refractivity contribution in [3.63, 3.8) is 0 Å². The molecule has 1 heterocycles. The van der Waals surface area contributed by atoms with Gasteiger partial charge in [0.15, 0.2) is 0 Å². The Hall–Kier alpha value is -1.61. The number of alkyl halides is 1. The van der Waals surface area contributed by atoms with Crippen molar-refractivity contribution in [2.45, 2.75) is 19.7 Å². The first-order valence-corrected chi connectivity index (χ1v) is 5.95. The molecule has 4 heteroatoms. The van der Waals surface area contributed by atoms with E-state index in [0.29, 0.717) is 5.88 Å². The summed E-state index contributed by atoms with van der Waals surface area (Å²) in [4.78, 5) is 8.70. The molecule has 0 aliphatic heterocycles. The molecule has 0 aliphatic carbocycles. The number of rotatable bonds is 3. The molecule has 0 aliphatic rings. The lowest BCUT2D eigenvalue weighted by Crippen LogP contribution is -2.00. The summed E-state index contributed by atoms with van der Waals surface area (Å²) in [6, 6.07) is 7.90. The summed E-state index contributed by atoms with van der Waals surface area (Å²) in [5.74, 6) is 1.22. The average molecular weight is 248 g/mol. The molecule has 2 rings (SSSR count). The standard InChI is InChI=1S/C13H14ClN3/c1-9-10(2)16-13(8-15-9)17-12-6-4-3-5-11(12)7-14/h3-6,8H,7H2,1-2H3,(H,16,17).